The molecule has 1 heterocycles. The molecule has 19 heavy (non-hydrogen) atoms. The van der Waals surface area contributed by atoms with Gasteiger partial charge in [0.2, 0.25) is 0 Å². The lowest BCUT2D eigenvalue weighted by Crippen LogP contribution is -2.23. The molecule has 2 rings (SSSR count). The van der Waals surface area contributed by atoms with E-state index in [1.54, 1.807) is 12.3 Å². The van der Waals surface area contributed by atoms with E-state index in [-0.39, 0.29) is 5.56 Å². The Bertz CT molecular complexity index is 576. The third-order valence-electron chi connectivity index (χ3n) is 2.39. The van der Waals surface area contributed by atoms with Gasteiger partial charge in [0.25, 0.3) is 5.56 Å². The maximum Gasteiger partial charge on any atom is 0.255 e. The fourth-order valence-corrected chi connectivity index (χ4v) is 1.74. The van der Waals surface area contributed by atoms with Crippen LogP contribution in [0.2, 0.25) is 0 Å². The van der Waals surface area contributed by atoms with Gasteiger partial charge in [0.15, 0.2) is 0 Å². The second-order valence-electron chi connectivity index (χ2n) is 3.73. The van der Waals surface area contributed by atoms with Gasteiger partial charge in [-0.1, -0.05) is 38.1 Å². The smallest absolute Gasteiger partial charge is 0.255 e. The number of rotatable bonds is 2. The van der Waals surface area contributed by atoms with Gasteiger partial charge in [-0.15, -0.1) is 15.9 Å². The zero-order valence-corrected chi connectivity index (χ0v) is 12.6. The molecule has 0 saturated heterocycles. The summed E-state index contributed by atoms with van der Waals surface area (Å²) in [5, 5.41) is 0. The summed E-state index contributed by atoms with van der Waals surface area (Å²) in [6.45, 7) is 4.00. The largest absolute Gasteiger partial charge is 0.284 e. The van der Waals surface area contributed by atoms with Crippen molar-refractivity contribution in [2.24, 2.45) is 0 Å². The van der Waals surface area contributed by atoms with Gasteiger partial charge < -0.3 is 0 Å². The van der Waals surface area contributed by atoms with Crippen LogP contribution in [-0.4, -0.2) is 20.3 Å². The van der Waals surface area contributed by atoms with Gasteiger partial charge in [-0.3, -0.25) is 9.36 Å². The highest BCUT2D eigenvalue weighted by atomic mass is 79.9. The molecule has 0 aliphatic rings. The van der Waals surface area contributed by atoms with Gasteiger partial charge in [-0.05, 0) is 21.8 Å². The van der Waals surface area contributed by atoms with E-state index in [1.165, 1.54) is 10.6 Å². The number of nitrogens with zero attached hydrogens (tertiary/aromatic N) is 1. The summed E-state index contributed by atoms with van der Waals surface area (Å²) < 4.78 is 0.363. The van der Waals surface area contributed by atoms with Crippen LogP contribution in [0.5, 0.6) is 0 Å². The van der Waals surface area contributed by atoms with Crippen LogP contribution in [0.1, 0.15) is 19.4 Å². The molecule has 0 unspecified atom stereocenters. The lowest BCUT2D eigenvalue weighted by molar-refractivity contribution is 0.965. The monoisotopic (exact) mass is 313 g/mol. The minimum absolute atomic E-state index is 0.128. The zero-order valence-electron chi connectivity index (χ0n) is 11.0. The number of alkyl halides is 1. The van der Waals surface area contributed by atoms with Crippen molar-refractivity contribution >= 4 is 31.6 Å². The van der Waals surface area contributed by atoms with E-state index >= 15 is 0 Å². The van der Waals surface area contributed by atoms with E-state index in [9.17, 15) is 4.79 Å². The second kappa shape index (κ2) is 6.80. The molecule has 2 nitrogen and oxygen atoms in total. The summed E-state index contributed by atoms with van der Waals surface area (Å²) in [6.07, 6.45) is 1.63. The first-order valence-corrected chi connectivity index (χ1v) is 6.83. The molecule has 1 aromatic carbocycles. The molecule has 94 valence electrons. The number of aromatic nitrogens is 1. The second-order valence-corrected chi connectivity index (χ2v) is 5.04. The van der Waals surface area contributed by atoms with E-state index in [0.29, 0.717) is 5.56 Å². The van der Waals surface area contributed by atoms with E-state index in [2.05, 4.69) is 15.9 Å². The molecule has 0 aliphatic heterocycles. The lowest BCUT2D eigenvalue weighted by atomic mass is 9.67. The topological polar surface area (TPSA) is 22.0 Å². The van der Waals surface area contributed by atoms with E-state index in [4.69, 9.17) is 15.7 Å². The van der Waals surface area contributed by atoms with Crippen molar-refractivity contribution in [1.82, 2.24) is 4.57 Å². The summed E-state index contributed by atoms with van der Waals surface area (Å²) in [6, 6.07) is 12.3. The number of pyridine rings is 1. The predicted octanol–water partition coefficient (Wildman–Crippen LogP) is 2.71. The molecule has 5 heteroatoms. The van der Waals surface area contributed by atoms with Crippen LogP contribution in [0.3, 0.4) is 0 Å². The van der Waals surface area contributed by atoms with Crippen LogP contribution >= 0.6 is 15.9 Å². The molecule has 0 bridgehead atoms. The highest BCUT2D eigenvalue weighted by Crippen LogP contribution is 2.22. The van der Waals surface area contributed by atoms with Crippen molar-refractivity contribution in [2.45, 2.75) is 18.0 Å². The van der Waals surface area contributed by atoms with Crippen molar-refractivity contribution < 1.29 is 0 Å². The predicted molar refractivity (Wildman–Crippen MR) is 85.5 cm³/mol. The Labute approximate surface area is 124 Å². The molecule has 0 N–H and O–H groups in total. The van der Waals surface area contributed by atoms with E-state index in [0.717, 1.165) is 5.69 Å². The standard InChI is InChI=1S/C12H8B2BrNO.C2H6/c13-12(14,15)9-6-7-11(17)16(8-9)10-4-2-1-3-5-10;1-2/h1-8H;1-2H3. The summed E-state index contributed by atoms with van der Waals surface area (Å²) in [5.41, 5.74) is 1.27. The van der Waals surface area contributed by atoms with Gasteiger partial charge in [0.1, 0.15) is 0 Å². The number of hydrogen-bond acceptors (Lipinski definition) is 1. The minimum atomic E-state index is -1.14. The number of halogens is 1. The average Bonchev–Trinajstić information content (AvgIpc) is 2.41. The van der Waals surface area contributed by atoms with Gasteiger partial charge in [0.05, 0.1) is 15.7 Å². The Hall–Kier alpha value is -1.22. The summed E-state index contributed by atoms with van der Waals surface area (Å²) >= 11 is 3.16. The molecule has 0 saturated carbocycles. The number of para-hydroxylation sites is 1. The quantitative estimate of drug-likeness (QED) is 0.617. The van der Waals surface area contributed by atoms with Gasteiger partial charge in [-0.25, -0.2) is 0 Å². The van der Waals surface area contributed by atoms with Crippen LogP contribution in [0.25, 0.3) is 5.69 Å². The summed E-state index contributed by atoms with van der Waals surface area (Å²) in [7, 11) is 11.5. The Kier molecular flexibility index (Phi) is 5.67. The molecular weight excluding hydrogens is 300 g/mol. The van der Waals surface area contributed by atoms with Gasteiger partial charge >= 0.3 is 0 Å². The Morgan fingerprint density at radius 1 is 1.05 bits per heavy atom. The molecule has 0 spiro atoms. The minimum Gasteiger partial charge on any atom is -0.284 e. The fraction of sp³-hybridized carbons (Fsp3) is 0.214. The molecule has 1 aromatic heterocycles. The SMILES string of the molecule is CC.[B]C([B])(Br)c1ccc(=O)n(-c2ccccc2)c1. The zero-order chi connectivity index (χ0) is 14.5. The summed E-state index contributed by atoms with van der Waals surface area (Å²) in [5.74, 6) is 0. The van der Waals surface area contributed by atoms with Crippen molar-refractivity contribution in [3.8, 4) is 5.69 Å². The Morgan fingerprint density at radius 3 is 2.16 bits per heavy atom. The highest BCUT2D eigenvalue weighted by molar-refractivity contribution is 9.10. The first-order valence-electron chi connectivity index (χ1n) is 6.04. The van der Waals surface area contributed by atoms with Crippen LogP contribution in [0, 0.1) is 0 Å². The lowest BCUT2D eigenvalue weighted by Gasteiger charge is -2.19. The van der Waals surface area contributed by atoms with Crippen LogP contribution < -0.4 is 5.56 Å². The maximum atomic E-state index is 11.8. The van der Waals surface area contributed by atoms with Crippen LogP contribution in [0.15, 0.2) is 53.5 Å². The van der Waals surface area contributed by atoms with Crippen LogP contribution in [0.4, 0.5) is 0 Å². The fourth-order valence-electron chi connectivity index (χ4n) is 1.50. The molecular formula is C14H14B2BrNO. The van der Waals surface area contributed by atoms with Gasteiger partial charge in [0, 0.05) is 18.0 Å². The molecule has 4 radical (unpaired) electrons. The molecule has 0 atom stereocenters. The van der Waals surface area contributed by atoms with E-state index < -0.39 is 4.12 Å². The number of hydrogen-bond donors (Lipinski definition) is 0. The average molecular weight is 314 g/mol. The Balaban J connectivity index is 0.000000861. The van der Waals surface area contributed by atoms with Crippen molar-refractivity contribution in [1.29, 1.82) is 0 Å². The normalized spacial score (nSPS) is 10.5. The molecule has 2 aromatic rings. The van der Waals surface area contributed by atoms with Crippen LogP contribution in [-0.2, 0) is 4.12 Å². The van der Waals surface area contributed by atoms with Crippen molar-refractivity contribution in [3.05, 3.63) is 64.6 Å². The van der Waals surface area contributed by atoms with Gasteiger partial charge in [-0.2, -0.15) is 0 Å². The van der Waals surface area contributed by atoms with Crippen molar-refractivity contribution in [2.75, 3.05) is 0 Å². The van der Waals surface area contributed by atoms with Crippen molar-refractivity contribution in [3.63, 3.8) is 0 Å². The Morgan fingerprint density at radius 2 is 1.63 bits per heavy atom. The third-order valence-corrected chi connectivity index (χ3v) is 2.85. The highest BCUT2D eigenvalue weighted by Gasteiger charge is 2.16. The maximum absolute atomic E-state index is 11.8. The molecule has 0 amide bonds. The summed E-state index contributed by atoms with van der Waals surface area (Å²) in [4.78, 5) is 11.8. The number of benzene rings is 1. The first-order chi connectivity index (χ1) is 8.98. The first kappa shape index (κ1) is 15.8. The molecule has 0 aliphatic carbocycles. The molecule has 0 fully saturated rings. The third kappa shape index (κ3) is 4.13. The van der Waals surface area contributed by atoms with E-state index in [1.807, 2.05) is 44.2 Å².